The van der Waals surface area contributed by atoms with E-state index in [-0.39, 0.29) is 11.7 Å². The van der Waals surface area contributed by atoms with Gasteiger partial charge in [-0.2, -0.15) is 0 Å². The Morgan fingerprint density at radius 2 is 1.76 bits per heavy atom. The van der Waals surface area contributed by atoms with Crippen LogP contribution in [-0.4, -0.2) is 43.5 Å². The van der Waals surface area contributed by atoms with Crippen LogP contribution in [-0.2, 0) is 0 Å². The molecule has 92 valence electrons. The van der Waals surface area contributed by atoms with Gasteiger partial charge >= 0.3 is 0 Å². The summed E-state index contributed by atoms with van der Waals surface area (Å²) in [5.74, 6) is 0.00389. The maximum absolute atomic E-state index is 12.8. The summed E-state index contributed by atoms with van der Waals surface area (Å²) in [5, 5.41) is 7.25. The molecule has 0 saturated carbocycles. The van der Waals surface area contributed by atoms with Gasteiger partial charge in [-0.25, -0.2) is 4.39 Å². The Kier molecular flexibility index (Phi) is 3.58. The number of piperazine rings is 1. The van der Waals surface area contributed by atoms with Crippen molar-refractivity contribution in [1.29, 1.82) is 5.41 Å². The van der Waals surface area contributed by atoms with Crippen molar-refractivity contribution >= 4 is 11.5 Å². The first kappa shape index (κ1) is 11.9. The normalized spacial score (nSPS) is 17.1. The van der Waals surface area contributed by atoms with Crippen LogP contribution in [0.15, 0.2) is 24.3 Å². The first-order chi connectivity index (χ1) is 8.15. The second-order valence-electron chi connectivity index (χ2n) is 4.26. The van der Waals surface area contributed by atoms with Crippen LogP contribution in [0.1, 0.15) is 0 Å². The Morgan fingerprint density at radius 3 is 2.29 bits per heavy atom. The molecule has 1 aliphatic rings. The Labute approximate surface area is 100 Å². The number of hydrogen-bond donors (Lipinski definition) is 2. The molecule has 0 unspecified atom stereocenters. The van der Waals surface area contributed by atoms with E-state index >= 15 is 0 Å². The van der Waals surface area contributed by atoms with Gasteiger partial charge in [-0.05, 0) is 24.3 Å². The minimum absolute atomic E-state index is 0.205. The van der Waals surface area contributed by atoms with Crippen LogP contribution >= 0.6 is 0 Å². The monoisotopic (exact) mass is 236 g/mol. The lowest BCUT2D eigenvalue weighted by Crippen LogP contribution is -2.48. The Morgan fingerprint density at radius 1 is 1.18 bits per heavy atom. The SMILES string of the molecule is N=C(N)CN1CCN(c2ccc(F)cc2)CC1. The van der Waals surface area contributed by atoms with Gasteiger partial charge in [0.25, 0.3) is 0 Å². The molecule has 0 radical (unpaired) electrons. The van der Waals surface area contributed by atoms with Crippen molar-refractivity contribution in [3.05, 3.63) is 30.1 Å². The molecule has 1 aliphatic heterocycles. The molecule has 3 N–H and O–H groups in total. The van der Waals surface area contributed by atoms with Crippen LogP contribution in [0.2, 0.25) is 0 Å². The van der Waals surface area contributed by atoms with Gasteiger partial charge in [-0.1, -0.05) is 0 Å². The van der Waals surface area contributed by atoms with Crippen LogP contribution in [0.3, 0.4) is 0 Å². The molecule has 0 atom stereocenters. The third kappa shape index (κ3) is 3.17. The molecule has 0 amide bonds. The molecule has 0 bridgehead atoms. The van der Waals surface area contributed by atoms with Crippen molar-refractivity contribution in [3.63, 3.8) is 0 Å². The smallest absolute Gasteiger partial charge is 0.123 e. The van der Waals surface area contributed by atoms with Crippen molar-refractivity contribution in [1.82, 2.24) is 4.90 Å². The summed E-state index contributed by atoms with van der Waals surface area (Å²) in [6.45, 7) is 4.09. The van der Waals surface area contributed by atoms with Gasteiger partial charge in [-0.15, -0.1) is 0 Å². The molecule has 0 spiro atoms. The van der Waals surface area contributed by atoms with Crippen molar-refractivity contribution in [2.75, 3.05) is 37.6 Å². The van der Waals surface area contributed by atoms with Gasteiger partial charge in [0.1, 0.15) is 11.7 Å². The third-order valence-corrected chi connectivity index (χ3v) is 2.96. The average molecular weight is 236 g/mol. The first-order valence-electron chi connectivity index (χ1n) is 5.71. The largest absolute Gasteiger partial charge is 0.387 e. The van der Waals surface area contributed by atoms with Gasteiger partial charge in [0.15, 0.2) is 0 Å². The molecule has 0 aromatic heterocycles. The van der Waals surface area contributed by atoms with Gasteiger partial charge in [0.05, 0.1) is 6.54 Å². The Hall–Kier alpha value is -1.62. The molecule has 1 heterocycles. The number of rotatable bonds is 3. The summed E-state index contributed by atoms with van der Waals surface area (Å²) in [6, 6.07) is 6.57. The number of anilines is 1. The zero-order chi connectivity index (χ0) is 12.3. The first-order valence-corrected chi connectivity index (χ1v) is 5.71. The Bertz CT molecular complexity index is 382. The number of nitrogens with one attached hydrogen (secondary N) is 1. The van der Waals surface area contributed by atoms with E-state index in [9.17, 15) is 4.39 Å². The fraction of sp³-hybridized carbons (Fsp3) is 0.417. The van der Waals surface area contributed by atoms with E-state index in [0.717, 1.165) is 31.9 Å². The molecule has 5 heteroatoms. The predicted octanol–water partition coefficient (Wildman–Crippen LogP) is 0.884. The summed E-state index contributed by atoms with van der Waals surface area (Å²) in [6.07, 6.45) is 0. The molecule has 4 nitrogen and oxygen atoms in total. The van der Waals surface area contributed by atoms with E-state index in [1.165, 1.54) is 12.1 Å². The number of amidine groups is 1. The molecular formula is C12H17FN4. The van der Waals surface area contributed by atoms with E-state index in [4.69, 9.17) is 11.1 Å². The minimum atomic E-state index is -0.205. The van der Waals surface area contributed by atoms with Crippen LogP contribution in [0.4, 0.5) is 10.1 Å². The van der Waals surface area contributed by atoms with Crippen LogP contribution < -0.4 is 10.6 Å². The topological polar surface area (TPSA) is 56.4 Å². The quantitative estimate of drug-likeness (QED) is 0.605. The zero-order valence-corrected chi connectivity index (χ0v) is 9.69. The van der Waals surface area contributed by atoms with Gasteiger partial charge in [0, 0.05) is 31.9 Å². The molecule has 1 fully saturated rings. The summed E-state index contributed by atoms with van der Waals surface area (Å²) >= 11 is 0. The van der Waals surface area contributed by atoms with Crippen molar-refractivity contribution < 1.29 is 4.39 Å². The Balaban J connectivity index is 1.90. The van der Waals surface area contributed by atoms with Crippen molar-refractivity contribution in [2.24, 2.45) is 5.73 Å². The summed E-state index contributed by atoms with van der Waals surface area (Å²) < 4.78 is 12.8. The highest BCUT2D eigenvalue weighted by Crippen LogP contribution is 2.16. The number of nitrogens with zero attached hydrogens (tertiary/aromatic N) is 2. The maximum Gasteiger partial charge on any atom is 0.123 e. The highest BCUT2D eigenvalue weighted by Gasteiger charge is 2.17. The number of halogens is 1. The summed E-state index contributed by atoms with van der Waals surface area (Å²) in [4.78, 5) is 4.37. The number of benzene rings is 1. The maximum atomic E-state index is 12.8. The van der Waals surface area contributed by atoms with Gasteiger partial charge in [-0.3, -0.25) is 10.3 Å². The van der Waals surface area contributed by atoms with E-state index in [0.29, 0.717) is 6.54 Å². The molecule has 17 heavy (non-hydrogen) atoms. The minimum Gasteiger partial charge on any atom is -0.387 e. The molecular weight excluding hydrogens is 219 g/mol. The van der Waals surface area contributed by atoms with Gasteiger partial charge in [0.2, 0.25) is 0 Å². The van der Waals surface area contributed by atoms with E-state index in [1.807, 2.05) is 0 Å². The molecule has 1 aromatic carbocycles. The standard InChI is InChI=1S/C12H17FN4/c13-10-1-3-11(4-2-10)17-7-5-16(6-8-17)9-12(14)15/h1-4H,5-9H2,(H3,14,15). The fourth-order valence-corrected chi connectivity index (χ4v) is 2.06. The molecule has 2 rings (SSSR count). The van der Waals surface area contributed by atoms with Gasteiger partial charge < -0.3 is 10.6 Å². The predicted molar refractivity (Wildman–Crippen MR) is 67.0 cm³/mol. The van der Waals surface area contributed by atoms with Crippen LogP contribution in [0, 0.1) is 11.2 Å². The molecule has 0 aliphatic carbocycles. The molecule has 1 aromatic rings. The number of hydrogen-bond acceptors (Lipinski definition) is 3. The van der Waals surface area contributed by atoms with Crippen LogP contribution in [0.5, 0.6) is 0 Å². The lowest BCUT2D eigenvalue weighted by Gasteiger charge is -2.35. The van der Waals surface area contributed by atoms with E-state index in [2.05, 4.69) is 9.80 Å². The van der Waals surface area contributed by atoms with Crippen molar-refractivity contribution in [3.8, 4) is 0 Å². The molecule has 1 saturated heterocycles. The lowest BCUT2D eigenvalue weighted by molar-refractivity contribution is 0.291. The van der Waals surface area contributed by atoms with Crippen LogP contribution in [0.25, 0.3) is 0 Å². The summed E-state index contributed by atoms with van der Waals surface area (Å²) in [5.41, 5.74) is 6.42. The fourth-order valence-electron chi connectivity index (χ4n) is 2.06. The summed E-state index contributed by atoms with van der Waals surface area (Å²) in [7, 11) is 0. The lowest BCUT2D eigenvalue weighted by atomic mass is 10.2. The third-order valence-electron chi connectivity index (χ3n) is 2.96. The van der Waals surface area contributed by atoms with E-state index in [1.54, 1.807) is 12.1 Å². The second kappa shape index (κ2) is 5.14. The second-order valence-corrected chi connectivity index (χ2v) is 4.26. The zero-order valence-electron chi connectivity index (χ0n) is 9.69. The highest BCUT2D eigenvalue weighted by molar-refractivity contribution is 5.78. The van der Waals surface area contributed by atoms with Crippen molar-refractivity contribution in [2.45, 2.75) is 0 Å². The average Bonchev–Trinajstić information content (AvgIpc) is 2.30. The number of nitrogens with two attached hydrogens (primary N) is 1. The highest BCUT2D eigenvalue weighted by atomic mass is 19.1. The van der Waals surface area contributed by atoms with E-state index < -0.39 is 0 Å².